The maximum Gasteiger partial charge on any atom is -0.147 e. The number of rotatable bonds is 6. The standard InChI is InChI=1S/C26H25.C22H19.2CH3.2ClH.H2Si.Zr/c1-16-6-17(2)9-21(8-16)22-14-24-12-20(5)13-25(24)26(15-22)23-10-18(3)7-19(4)11-23;1-15(2)18-13-17-9-6-12-21(22(17)14-18)20-11-5-8-16-7-3-4-10-19(16)20;;;;;;/h6-15H,1-5H3;3-15H,1-2H3;2*1H3;2*1H;1H2;. The van der Waals surface area contributed by atoms with Gasteiger partial charge in [-0.2, -0.15) is 0 Å². The molecule has 6 aromatic rings. The topological polar surface area (TPSA) is 0 Å². The molecule has 0 radical (unpaired) electrons. The maximum absolute atomic E-state index is 3.87. The van der Waals surface area contributed by atoms with Crippen molar-refractivity contribution in [1.82, 2.24) is 0 Å². The first kappa shape index (κ1) is 40.4. The van der Waals surface area contributed by atoms with Crippen LogP contribution in [0.4, 0.5) is 0 Å². The van der Waals surface area contributed by atoms with Gasteiger partial charge >= 0.3 is 316 Å². The quantitative estimate of drug-likeness (QED) is 0.147. The average molecular weight is 845 g/mol. The van der Waals surface area contributed by atoms with Gasteiger partial charge in [0, 0.05) is 0 Å². The van der Waals surface area contributed by atoms with Crippen molar-refractivity contribution in [2.24, 2.45) is 5.92 Å². The predicted octanol–water partition coefficient (Wildman–Crippen LogP) is 14.5. The number of hydrogen-bond acceptors (Lipinski definition) is 0. The Balaban J connectivity index is 0.00000249. The molecule has 0 amide bonds. The molecule has 0 spiro atoms. The summed E-state index contributed by atoms with van der Waals surface area (Å²) in [6, 6.07) is 42.1. The normalized spacial score (nSPS) is 16.4. The monoisotopic (exact) mass is 842 g/mol. The molecule has 54 heavy (non-hydrogen) atoms. The van der Waals surface area contributed by atoms with Crippen LogP contribution in [0.15, 0.2) is 120 Å². The third kappa shape index (κ3) is 6.81. The molecule has 2 unspecified atom stereocenters. The first-order chi connectivity index (χ1) is 24.7. The minimum atomic E-state index is -3.87. The van der Waals surface area contributed by atoms with Crippen LogP contribution in [0.2, 0.25) is 9.26 Å². The largest absolute Gasteiger partial charge is 0.147 e. The van der Waals surface area contributed by atoms with Gasteiger partial charge in [-0.05, 0) is 0 Å². The second kappa shape index (κ2) is 14.7. The number of fused-ring (bicyclic) bond motifs is 3. The Morgan fingerprint density at radius 2 is 1.06 bits per heavy atom. The van der Waals surface area contributed by atoms with Crippen molar-refractivity contribution in [3.05, 3.63) is 165 Å². The van der Waals surface area contributed by atoms with Gasteiger partial charge in [0.15, 0.2) is 0 Å². The summed E-state index contributed by atoms with van der Waals surface area (Å²) in [7, 11) is 0. The zero-order valence-corrected chi connectivity index (χ0v) is 38.8. The van der Waals surface area contributed by atoms with E-state index in [1.165, 1.54) is 77.5 Å². The van der Waals surface area contributed by atoms with E-state index < -0.39 is 17.4 Å². The van der Waals surface area contributed by atoms with Crippen LogP contribution in [0.1, 0.15) is 72.5 Å². The van der Waals surface area contributed by atoms with Crippen molar-refractivity contribution in [1.29, 1.82) is 0 Å². The minimum Gasteiger partial charge on any atom is -0.147 e. The molecular weight excluding hydrogens is 791 g/mol. The van der Waals surface area contributed by atoms with Crippen LogP contribution in [0.5, 0.6) is 0 Å². The molecule has 0 aliphatic heterocycles. The van der Waals surface area contributed by atoms with Gasteiger partial charge in [-0.1, -0.05) is 0 Å². The number of hydrogen-bond donors (Lipinski definition) is 0. The summed E-state index contributed by atoms with van der Waals surface area (Å²) in [5, 5.41) is 2.63. The van der Waals surface area contributed by atoms with E-state index in [1.807, 2.05) is 0 Å². The fourth-order valence-electron chi connectivity index (χ4n) is 10.4. The predicted molar refractivity (Wildman–Crippen MR) is 242 cm³/mol. The minimum absolute atomic E-state index is 0. The summed E-state index contributed by atoms with van der Waals surface area (Å²) >= 11 is -3.87. The molecule has 0 bridgehead atoms. The molecule has 276 valence electrons. The summed E-state index contributed by atoms with van der Waals surface area (Å²) in [5.74, 6) is 0.466. The van der Waals surface area contributed by atoms with Gasteiger partial charge in [0.2, 0.25) is 0 Å². The van der Waals surface area contributed by atoms with Gasteiger partial charge in [-0.3, -0.25) is 0 Å². The van der Waals surface area contributed by atoms with Gasteiger partial charge in [-0.15, -0.1) is 24.8 Å². The second-order valence-electron chi connectivity index (χ2n) is 17.6. The number of allylic oxidation sites excluding steroid dienone is 2. The van der Waals surface area contributed by atoms with E-state index in [4.69, 9.17) is 0 Å². The summed E-state index contributed by atoms with van der Waals surface area (Å²) in [6.07, 6.45) is 5.20. The molecule has 2 aliphatic carbocycles. The summed E-state index contributed by atoms with van der Waals surface area (Å²) in [6.45, 7) is 18.7. The smallest absolute Gasteiger partial charge is 0.147 e. The molecule has 0 fully saturated rings. The average Bonchev–Trinajstić information content (AvgIpc) is 3.66. The fourth-order valence-corrected chi connectivity index (χ4v) is 31.0. The molecule has 2 atom stereocenters. The van der Waals surface area contributed by atoms with Gasteiger partial charge in [0.25, 0.3) is 0 Å². The van der Waals surface area contributed by atoms with Gasteiger partial charge in [0.05, 0.1) is 0 Å². The molecule has 4 heteroatoms. The summed E-state index contributed by atoms with van der Waals surface area (Å²) in [5.41, 5.74) is 22.5. The van der Waals surface area contributed by atoms with Crippen molar-refractivity contribution in [2.75, 3.05) is 0 Å². The molecule has 0 N–H and O–H groups in total. The molecule has 0 saturated carbocycles. The third-order valence-electron chi connectivity index (χ3n) is 12.2. The van der Waals surface area contributed by atoms with E-state index >= 15 is 0 Å². The molecular formula is C50H54Cl2SiZr. The first-order valence-corrected chi connectivity index (χ1v) is 32.8. The van der Waals surface area contributed by atoms with Gasteiger partial charge in [-0.25, -0.2) is 0 Å². The Hall–Kier alpha value is -3.26. The van der Waals surface area contributed by atoms with Crippen molar-refractivity contribution >= 4 is 54.6 Å². The van der Waals surface area contributed by atoms with Gasteiger partial charge < -0.3 is 0 Å². The maximum atomic E-state index is 2.79. The van der Waals surface area contributed by atoms with Crippen LogP contribution in [0.3, 0.4) is 0 Å². The Bertz CT molecular complexity index is 2550. The molecule has 6 aromatic carbocycles. The number of benzene rings is 6. The van der Waals surface area contributed by atoms with Crippen LogP contribution < -0.4 is 0 Å². The summed E-state index contributed by atoms with van der Waals surface area (Å²) in [4.78, 5) is 0. The van der Waals surface area contributed by atoms with E-state index in [0.29, 0.717) is 13.2 Å². The molecule has 0 heterocycles. The molecule has 2 aliphatic rings. The Kier molecular flexibility index (Phi) is 11.0. The van der Waals surface area contributed by atoms with Crippen LogP contribution >= 0.6 is 24.8 Å². The van der Waals surface area contributed by atoms with Crippen LogP contribution in [0, 0.1) is 33.6 Å². The van der Waals surface area contributed by atoms with Crippen molar-refractivity contribution in [2.45, 2.75) is 65.0 Å². The Morgan fingerprint density at radius 3 is 1.70 bits per heavy atom. The second-order valence-corrected chi connectivity index (χ2v) is 48.1. The fraction of sp³-hybridized carbons (Fsp3) is 0.240. The van der Waals surface area contributed by atoms with E-state index in [1.54, 1.807) is 22.3 Å². The number of aryl methyl sites for hydroxylation is 4. The van der Waals surface area contributed by atoms with Crippen LogP contribution in [-0.4, -0.2) is 6.88 Å². The third-order valence-corrected chi connectivity index (χ3v) is 29.8. The van der Waals surface area contributed by atoms with Crippen molar-refractivity contribution in [3.8, 4) is 33.4 Å². The molecule has 8 rings (SSSR count). The SMILES string of the molecule is CC1=Cc2c(-c3cc(C)cc(C)c3)cc(-c3cc(C)cc(C)c3)cc2[CH]1[Zr]([CH3])([CH3])(=[SiH2])[CH]1C(C(C)C)=Cc2c(-c3cccc4ccccc34)cccc21.Cl.Cl. The molecule has 0 aromatic heterocycles. The first-order valence-electron chi connectivity index (χ1n) is 19.1. The van der Waals surface area contributed by atoms with E-state index in [0.717, 1.165) is 0 Å². The van der Waals surface area contributed by atoms with Gasteiger partial charge in [0.1, 0.15) is 0 Å². The van der Waals surface area contributed by atoms with Crippen LogP contribution in [0.25, 0.3) is 56.3 Å². The zero-order chi connectivity index (χ0) is 36.7. The Morgan fingerprint density at radius 1 is 0.519 bits per heavy atom. The number of halogens is 2. The van der Waals surface area contributed by atoms with Crippen molar-refractivity contribution < 1.29 is 17.4 Å². The van der Waals surface area contributed by atoms with E-state index in [2.05, 4.69) is 186 Å². The molecule has 0 saturated heterocycles. The zero-order valence-electron chi connectivity index (χ0n) is 33.3. The summed E-state index contributed by atoms with van der Waals surface area (Å²) < 4.78 is 6.47. The van der Waals surface area contributed by atoms with Crippen LogP contribution in [-0.2, 0) is 17.4 Å². The molecule has 0 nitrogen and oxygen atoms in total. The van der Waals surface area contributed by atoms with E-state index in [-0.39, 0.29) is 24.8 Å². The van der Waals surface area contributed by atoms with E-state index in [9.17, 15) is 0 Å². The van der Waals surface area contributed by atoms with Crippen molar-refractivity contribution in [3.63, 3.8) is 0 Å². The Labute approximate surface area is 338 Å².